The Morgan fingerprint density at radius 1 is 0.379 bits per heavy atom. The molecule has 0 saturated heterocycles. The van der Waals surface area contributed by atoms with E-state index in [0.717, 1.165) is 57.3 Å². The third-order valence-corrected chi connectivity index (χ3v) is 16.5. The van der Waals surface area contributed by atoms with Crippen LogP contribution in [0.2, 0.25) is 0 Å². The van der Waals surface area contributed by atoms with Crippen LogP contribution in [0, 0.1) is 23.7 Å². The van der Waals surface area contributed by atoms with Crippen LogP contribution in [-0.4, -0.2) is 19.1 Å². The van der Waals surface area contributed by atoms with Gasteiger partial charge in [-0.15, -0.1) is 0 Å². The number of fused-ring (bicyclic) bond motifs is 9. The van der Waals surface area contributed by atoms with Crippen LogP contribution < -0.4 is 0 Å². The van der Waals surface area contributed by atoms with E-state index in [9.17, 15) is 0 Å². The zero-order chi connectivity index (χ0) is 43.1. The van der Waals surface area contributed by atoms with E-state index < -0.39 is 0 Å². The zero-order valence-electron chi connectivity index (χ0n) is 36.6. The minimum absolute atomic E-state index is 0.130. The maximum absolute atomic E-state index is 5.27. The number of nitrogens with zero attached hydrogens (tertiary/aromatic N) is 4. The lowest BCUT2D eigenvalue weighted by atomic mass is 9.43. The summed E-state index contributed by atoms with van der Waals surface area (Å²) in [6.45, 7) is 0. The highest BCUT2D eigenvalue weighted by atomic mass is 15.1. The first-order chi connectivity index (χ1) is 32.7. The van der Waals surface area contributed by atoms with Crippen molar-refractivity contribution in [2.75, 3.05) is 0 Å². The predicted octanol–water partition coefficient (Wildman–Crippen LogP) is 15.4. The lowest BCUT2D eigenvalue weighted by Crippen LogP contribution is -2.55. The molecule has 4 fully saturated rings. The van der Waals surface area contributed by atoms with Crippen LogP contribution in [0.3, 0.4) is 0 Å². The van der Waals surface area contributed by atoms with Gasteiger partial charge in [-0.1, -0.05) is 140 Å². The molecule has 4 heteroatoms. The van der Waals surface area contributed by atoms with Gasteiger partial charge >= 0.3 is 0 Å². The Bertz CT molecular complexity index is 3690. The number of benzene rings is 8. The summed E-state index contributed by atoms with van der Waals surface area (Å²) in [7, 11) is 0. The van der Waals surface area contributed by atoms with Crippen molar-refractivity contribution >= 4 is 43.6 Å². The second kappa shape index (κ2) is 13.7. The third kappa shape index (κ3) is 5.10. The van der Waals surface area contributed by atoms with Crippen molar-refractivity contribution < 1.29 is 0 Å². The van der Waals surface area contributed by atoms with Gasteiger partial charge in [0.2, 0.25) is 0 Å². The Hall–Kier alpha value is -7.56. The van der Waals surface area contributed by atoms with Crippen LogP contribution in [0.4, 0.5) is 0 Å². The van der Waals surface area contributed by atoms with E-state index >= 15 is 0 Å². The molecule has 4 bridgehead atoms. The highest BCUT2D eigenvalue weighted by Crippen LogP contribution is 2.69. The molecule has 66 heavy (non-hydrogen) atoms. The third-order valence-electron chi connectivity index (χ3n) is 16.5. The number of para-hydroxylation sites is 2. The van der Waals surface area contributed by atoms with E-state index in [-0.39, 0.29) is 5.41 Å². The van der Waals surface area contributed by atoms with Gasteiger partial charge in [-0.25, -0.2) is 9.97 Å². The Balaban J connectivity index is 0.877. The summed E-state index contributed by atoms with van der Waals surface area (Å²) in [5.74, 6) is 4.86. The lowest BCUT2D eigenvalue weighted by molar-refractivity contribution is -0.0399. The van der Waals surface area contributed by atoms with E-state index in [1.54, 1.807) is 11.1 Å². The zero-order valence-corrected chi connectivity index (χ0v) is 36.6. The highest BCUT2D eigenvalue weighted by molar-refractivity contribution is 6.12. The Morgan fingerprint density at radius 2 is 0.924 bits per heavy atom. The molecular weight excluding hydrogens is 801 g/mol. The van der Waals surface area contributed by atoms with E-state index in [4.69, 9.17) is 9.97 Å². The molecule has 4 saturated carbocycles. The van der Waals surface area contributed by atoms with Crippen LogP contribution in [-0.2, 0) is 5.41 Å². The van der Waals surface area contributed by atoms with Crippen molar-refractivity contribution in [3.05, 3.63) is 205 Å². The molecule has 8 aromatic carbocycles. The molecule has 0 N–H and O–H groups in total. The van der Waals surface area contributed by atoms with Crippen molar-refractivity contribution in [1.29, 1.82) is 0 Å². The van der Waals surface area contributed by atoms with E-state index in [1.807, 2.05) is 24.3 Å². The minimum Gasteiger partial charge on any atom is -0.309 e. The van der Waals surface area contributed by atoms with Gasteiger partial charge in [0, 0.05) is 49.8 Å². The fraction of sp³-hybridized carbons (Fsp3) is 0.161. The summed E-state index contributed by atoms with van der Waals surface area (Å²) in [5.41, 5.74) is 17.7. The number of rotatable bonds is 5. The second-order valence-electron chi connectivity index (χ2n) is 19.8. The largest absolute Gasteiger partial charge is 0.309 e. The number of hydrogen-bond acceptors (Lipinski definition) is 2. The average molecular weight is 847 g/mol. The van der Waals surface area contributed by atoms with Crippen molar-refractivity contribution in [2.24, 2.45) is 23.7 Å². The van der Waals surface area contributed by atoms with Crippen molar-refractivity contribution in [2.45, 2.75) is 37.5 Å². The molecule has 314 valence electrons. The maximum atomic E-state index is 5.27. The summed E-state index contributed by atoms with van der Waals surface area (Å²) >= 11 is 0. The summed E-state index contributed by atoms with van der Waals surface area (Å²) in [5, 5.41) is 4.96. The van der Waals surface area contributed by atoms with Gasteiger partial charge in [-0.2, -0.15) is 0 Å². The van der Waals surface area contributed by atoms with Crippen molar-refractivity contribution in [3.63, 3.8) is 0 Å². The summed E-state index contributed by atoms with van der Waals surface area (Å²) < 4.78 is 4.86. The van der Waals surface area contributed by atoms with Gasteiger partial charge in [0.1, 0.15) is 5.82 Å². The molecule has 0 atom stereocenters. The normalized spacial score (nSPS) is 21.4. The minimum atomic E-state index is 0.130. The van der Waals surface area contributed by atoms with Gasteiger partial charge in [0.15, 0.2) is 5.82 Å². The molecule has 0 unspecified atom stereocenters. The van der Waals surface area contributed by atoms with Gasteiger partial charge in [-0.05, 0) is 138 Å². The molecule has 3 heterocycles. The van der Waals surface area contributed by atoms with E-state index in [2.05, 4.69) is 179 Å². The SMILES string of the molecule is c1ccc(-c2cc(-n3c4ccccc4c4cc(-c5ccc6c(c5)c5ccccc5n6-c5ccc6c(c5)C5(c7ccccc7-6)C6CC7CC(C6)CC5C7)ccc43)nc(-c3ccccc3)n2)cc1. The van der Waals surface area contributed by atoms with Gasteiger partial charge in [0.25, 0.3) is 0 Å². The van der Waals surface area contributed by atoms with Crippen LogP contribution in [0.1, 0.15) is 43.2 Å². The molecular formula is C62H46N4. The average Bonchev–Trinajstić information content (AvgIpc) is 3.99. The van der Waals surface area contributed by atoms with Crippen LogP contribution >= 0.6 is 0 Å². The molecule has 4 nitrogen and oxygen atoms in total. The first-order valence-electron chi connectivity index (χ1n) is 24.0. The quantitative estimate of drug-likeness (QED) is 0.173. The standard InChI is InChI=1S/C62H46N4/c1-3-13-40(14-4-1)55-37-60(64-61(63-55)41-15-5-2-6-16-41)66-57-22-12-9-19-50(57)52-35-43(24-28-59(52)66)42-23-27-58-51(34-42)49-18-8-11-21-56(49)65(58)46-25-26-48-47-17-7-10-20-53(47)62(54(48)36-46)44-30-38-29-39(32-44)33-45(62)31-38/h1-28,34-39,44-45H,29-33H2. The molecule has 0 radical (unpaired) electrons. The van der Waals surface area contributed by atoms with Gasteiger partial charge in [-0.3, -0.25) is 4.57 Å². The fourth-order valence-electron chi connectivity index (χ4n) is 14.1. The van der Waals surface area contributed by atoms with E-state index in [1.165, 1.54) is 92.6 Å². The Kier molecular flexibility index (Phi) is 7.64. The van der Waals surface area contributed by atoms with Crippen molar-refractivity contribution in [1.82, 2.24) is 19.1 Å². The van der Waals surface area contributed by atoms with Crippen LogP contribution in [0.5, 0.6) is 0 Å². The first kappa shape index (κ1) is 36.7. The molecule has 5 aliphatic rings. The molecule has 0 amide bonds. The summed E-state index contributed by atoms with van der Waals surface area (Å²) in [4.78, 5) is 10.4. The van der Waals surface area contributed by atoms with Crippen LogP contribution in [0.15, 0.2) is 194 Å². The summed E-state index contributed by atoms with van der Waals surface area (Å²) in [6.07, 6.45) is 7.02. The topological polar surface area (TPSA) is 35.6 Å². The predicted molar refractivity (Wildman–Crippen MR) is 270 cm³/mol. The van der Waals surface area contributed by atoms with Gasteiger partial charge < -0.3 is 4.57 Å². The fourth-order valence-corrected chi connectivity index (χ4v) is 14.1. The molecule has 1 spiro atoms. The molecule has 5 aliphatic carbocycles. The molecule has 16 rings (SSSR count). The number of aromatic nitrogens is 4. The molecule has 11 aromatic rings. The Morgan fingerprint density at radius 3 is 1.61 bits per heavy atom. The monoisotopic (exact) mass is 846 g/mol. The summed E-state index contributed by atoms with van der Waals surface area (Å²) in [6, 6.07) is 71.7. The lowest BCUT2D eigenvalue weighted by Gasteiger charge is -2.61. The highest BCUT2D eigenvalue weighted by Gasteiger charge is 2.61. The van der Waals surface area contributed by atoms with Gasteiger partial charge in [0.05, 0.1) is 27.8 Å². The smallest absolute Gasteiger partial charge is 0.162 e. The van der Waals surface area contributed by atoms with E-state index in [0.29, 0.717) is 5.82 Å². The maximum Gasteiger partial charge on any atom is 0.162 e. The number of hydrogen-bond donors (Lipinski definition) is 0. The second-order valence-corrected chi connectivity index (χ2v) is 19.8. The molecule has 3 aromatic heterocycles. The first-order valence-corrected chi connectivity index (χ1v) is 24.0. The van der Waals surface area contributed by atoms with Crippen molar-refractivity contribution in [3.8, 4) is 56.4 Å². The Labute approximate surface area is 383 Å². The molecule has 0 aliphatic heterocycles. The van der Waals surface area contributed by atoms with Crippen LogP contribution in [0.25, 0.3) is 100 Å².